The number of quaternary nitrogens is 1. The van der Waals surface area contributed by atoms with E-state index in [2.05, 4.69) is 4.90 Å². The first-order valence-corrected chi connectivity index (χ1v) is 10.7. The SMILES string of the molecule is CCN(C[C@H]1COc2ccccc2O1)C(=O)C[NH+]1CCN(c2ccccc2O)CC1. The lowest BCUT2D eigenvalue weighted by atomic mass is 10.2. The molecule has 7 heteroatoms. The second kappa shape index (κ2) is 9.26. The molecule has 0 aliphatic carbocycles. The van der Waals surface area contributed by atoms with Crippen molar-refractivity contribution in [3.05, 3.63) is 48.5 Å². The summed E-state index contributed by atoms with van der Waals surface area (Å²) in [6, 6.07) is 15.1. The normalized spacial score (nSPS) is 18.8. The molecular formula is C23H30N3O4+. The maximum Gasteiger partial charge on any atom is 0.277 e. The van der Waals surface area contributed by atoms with Crippen LogP contribution < -0.4 is 19.3 Å². The minimum atomic E-state index is -0.156. The van der Waals surface area contributed by atoms with Crippen LogP contribution in [0.2, 0.25) is 0 Å². The van der Waals surface area contributed by atoms with Crippen molar-refractivity contribution in [2.24, 2.45) is 0 Å². The zero-order chi connectivity index (χ0) is 20.9. The predicted octanol–water partition coefficient (Wildman–Crippen LogP) is 0.786. The quantitative estimate of drug-likeness (QED) is 0.734. The van der Waals surface area contributed by atoms with Gasteiger partial charge in [-0.05, 0) is 31.2 Å². The zero-order valence-electron chi connectivity index (χ0n) is 17.4. The third-order valence-electron chi connectivity index (χ3n) is 5.82. The first kappa shape index (κ1) is 20.3. The minimum Gasteiger partial charge on any atom is -0.506 e. The van der Waals surface area contributed by atoms with E-state index in [9.17, 15) is 9.90 Å². The number of ether oxygens (including phenoxy) is 2. The third kappa shape index (κ3) is 4.62. The zero-order valence-corrected chi connectivity index (χ0v) is 17.4. The molecule has 0 radical (unpaired) electrons. The van der Waals surface area contributed by atoms with Crippen LogP contribution in [0.1, 0.15) is 6.92 Å². The number of carbonyl (C=O) groups excluding carboxylic acids is 1. The lowest BCUT2D eigenvalue weighted by Gasteiger charge is -2.35. The standard InChI is InChI=1S/C23H29N3O4/c1-2-25(15-18-17-29-21-9-5-6-10-22(21)30-18)23(28)16-24-11-13-26(14-12-24)19-7-3-4-8-20(19)27/h3-10,18,27H,2,11-17H2,1H3/p+1/t18-/m0/s1. The van der Waals surface area contributed by atoms with Gasteiger partial charge in [0, 0.05) is 6.54 Å². The van der Waals surface area contributed by atoms with E-state index >= 15 is 0 Å². The number of likely N-dealkylation sites (N-methyl/N-ethyl adjacent to an activating group) is 1. The summed E-state index contributed by atoms with van der Waals surface area (Å²) in [5, 5.41) is 10.1. The van der Waals surface area contributed by atoms with E-state index in [1.807, 2.05) is 54.3 Å². The Morgan fingerprint density at radius 3 is 2.57 bits per heavy atom. The number of para-hydroxylation sites is 4. The van der Waals surface area contributed by atoms with Crippen molar-refractivity contribution in [1.29, 1.82) is 0 Å². The Balaban J connectivity index is 1.27. The van der Waals surface area contributed by atoms with Crippen LogP contribution in [0.3, 0.4) is 0 Å². The largest absolute Gasteiger partial charge is 0.506 e. The molecule has 2 aromatic carbocycles. The second-order valence-electron chi connectivity index (χ2n) is 7.83. The summed E-state index contributed by atoms with van der Waals surface area (Å²) in [5.74, 6) is 1.95. The fourth-order valence-corrected chi connectivity index (χ4v) is 4.10. The summed E-state index contributed by atoms with van der Waals surface area (Å²) in [6.45, 7) is 7.49. The van der Waals surface area contributed by atoms with Gasteiger partial charge in [0.05, 0.1) is 38.4 Å². The Morgan fingerprint density at radius 1 is 1.13 bits per heavy atom. The van der Waals surface area contributed by atoms with Crippen LogP contribution in [0.5, 0.6) is 17.2 Å². The van der Waals surface area contributed by atoms with Gasteiger partial charge in [0.15, 0.2) is 24.1 Å². The topological polar surface area (TPSA) is 66.7 Å². The highest BCUT2D eigenvalue weighted by Gasteiger charge is 2.28. The lowest BCUT2D eigenvalue weighted by Crippen LogP contribution is -3.16. The van der Waals surface area contributed by atoms with Crippen molar-refractivity contribution >= 4 is 11.6 Å². The minimum absolute atomic E-state index is 0.144. The van der Waals surface area contributed by atoms with Crippen LogP contribution in [-0.4, -0.2) is 74.4 Å². The molecule has 0 spiro atoms. The summed E-state index contributed by atoms with van der Waals surface area (Å²) in [5.41, 5.74) is 0.868. The molecule has 1 atom stereocenters. The molecule has 4 rings (SSSR count). The van der Waals surface area contributed by atoms with Gasteiger partial charge in [-0.2, -0.15) is 0 Å². The monoisotopic (exact) mass is 412 g/mol. The Labute approximate surface area is 177 Å². The van der Waals surface area contributed by atoms with Gasteiger partial charge < -0.3 is 29.3 Å². The van der Waals surface area contributed by atoms with Crippen molar-refractivity contribution in [3.63, 3.8) is 0 Å². The van der Waals surface area contributed by atoms with Crippen LogP contribution >= 0.6 is 0 Å². The number of anilines is 1. The van der Waals surface area contributed by atoms with Crippen molar-refractivity contribution in [1.82, 2.24) is 4.90 Å². The Morgan fingerprint density at radius 2 is 1.83 bits per heavy atom. The molecule has 2 aliphatic rings. The van der Waals surface area contributed by atoms with Gasteiger partial charge in [-0.15, -0.1) is 0 Å². The van der Waals surface area contributed by atoms with E-state index in [1.54, 1.807) is 6.07 Å². The van der Waals surface area contributed by atoms with E-state index in [0.717, 1.165) is 43.4 Å². The number of hydrogen-bond acceptors (Lipinski definition) is 5. The van der Waals surface area contributed by atoms with Gasteiger partial charge in [0.1, 0.15) is 12.4 Å². The number of rotatable bonds is 6. The number of hydrogen-bond donors (Lipinski definition) is 2. The number of piperazine rings is 1. The number of carbonyl (C=O) groups is 1. The van der Waals surface area contributed by atoms with Crippen LogP contribution in [0, 0.1) is 0 Å². The van der Waals surface area contributed by atoms with Crippen LogP contribution in [0.15, 0.2) is 48.5 Å². The highest BCUT2D eigenvalue weighted by molar-refractivity contribution is 5.77. The predicted molar refractivity (Wildman–Crippen MR) is 114 cm³/mol. The van der Waals surface area contributed by atoms with E-state index in [0.29, 0.717) is 32.0 Å². The first-order chi connectivity index (χ1) is 14.6. The highest BCUT2D eigenvalue weighted by Crippen LogP contribution is 2.31. The molecule has 1 fully saturated rings. The summed E-state index contributed by atoms with van der Waals surface area (Å²) in [4.78, 5) is 18.2. The maximum atomic E-state index is 12.9. The second-order valence-corrected chi connectivity index (χ2v) is 7.83. The molecule has 2 N–H and O–H groups in total. The van der Waals surface area contributed by atoms with Gasteiger partial charge in [0.2, 0.25) is 0 Å². The van der Waals surface area contributed by atoms with E-state index in [4.69, 9.17) is 9.47 Å². The molecule has 0 aromatic heterocycles. The fraction of sp³-hybridized carbons (Fsp3) is 0.435. The molecule has 2 heterocycles. The molecule has 160 valence electrons. The molecule has 0 unspecified atom stereocenters. The summed E-state index contributed by atoms with van der Waals surface area (Å²) >= 11 is 0. The molecule has 7 nitrogen and oxygen atoms in total. The Bertz CT molecular complexity index is 867. The van der Waals surface area contributed by atoms with E-state index in [1.165, 1.54) is 4.90 Å². The van der Waals surface area contributed by atoms with Crippen molar-refractivity contribution in [2.45, 2.75) is 13.0 Å². The van der Waals surface area contributed by atoms with Gasteiger partial charge in [-0.1, -0.05) is 24.3 Å². The van der Waals surface area contributed by atoms with Crippen molar-refractivity contribution in [3.8, 4) is 17.2 Å². The summed E-state index contributed by atoms with van der Waals surface area (Å²) in [6.07, 6.45) is -0.156. The molecule has 2 aliphatic heterocycles. The first-order valence-electron chi connectivity index (χ1n) is 10.7. The summed E-state index contributed by atoms with van der Waals surface area (Å²) in [7, 11) is 0. The van der Waals surface area contributed by atoms with Crippen molar-refractivity contribution < 1.29 is 24.3 Å². The van der Waals surface area contributed by atoms with Gasteiger partial charge >= 0.3 is 0 Å². The van der Waals surface area contributed by atoms with Gasteiger partial charge in [-0.3, -0.25) is 4.79 Å². The van der Waals surface area contributed by atoms with Crippen LogP contribution in [-0.2, 0) is 4.79 Å². The molecule has 1 saturated heterocycles. The number of nitrogens with one attached hydrogen (secondary N) is 1. The number of fused-ring (bicyclic) bond motifs is 1. The molecule has 0 bridgehead atoms. The lowest BCUT2D eigenvalue weighted by molar-refractivity contribution is -0.892. The highest BCUT2D eigenvalue weighted by atomic mass is 16.6. The number of benzene rings is 2. The molecular weight excluding hydrogens is 382 g/mol. The molecule has 1 amide bonds. The fourth-order valence-electron chi connectivity index (χ4n) is 4.10. The summed E-state index contributed by atoms with van der Waals surface area (Å²) < 4.78 is 11.8. The molecule has 0 saturated carbocycles. The van der Waals surface area contributed by atoms with Crippen LogP contribution in [0.4, 0.5) is 5.69 Å². The Hall–Kier alpha value is -2.93. The average Bonchev–Trinajstić information content (AvgIpc) is 2.78. The molecule has 2 aromatic rings. The van der Waals surface area contributed by atoms with Crippen molar-refractivity contribution in [2.75, 3.05) is 57.3 Å². The van der Waals surface area contributed by atoms with Gasteiger partial charge in [-0.25, -0.2) is 0 Å². The van der Waals surface area contributed by atoms with E-state index in [-0.39, 0.29) is 12.0 Å². The maximum absolute atomic E-state index is 12.9. The average molecular weight is 413 g/mol. The Kier molecular flexibility index (Phi) is 6.28. The number of phenols is 1. The molecule has 30 heavy (non-hydrogen) atoms. The number of aromatic hydroxyl groups is 1. The number of nitrogens with zero attached hydrogens (tertiary/aromatic N) is 2. The van der Waals surface area contributed by atoms with Gasteiger partial charge in [0.25, 0.3) is 5.91 Å². The third-order valence-corrected chi connectivity index (χ3v) is 5.82. The van der Waals surface area contributed by atoms with E-state index < -0.39 is 0 Å². The number of amides is 1. The number of phenolic OH excluding ortho intramolecular Hbond substituents is 1. The van der Waals surface area contributed by atoms with Crippen LogP contribution in [0.25, 0.3) is 0 Å². The smallest absolute Gasteiger partial charge is 0.277 e.